The van der Waals surface area contributed by atoms with E-state index in [4.69, 9.17) is 40.1 Å². The Labute approximate surface area is 491 Å². The zero-order chi connectivity index (χ0) is 64.1. The van der Waals surface area contributed by atoms with Crippen LogP contribution in [0.25, 0.3) is 0 Å². The number of nitrogens with one attached hydrogen (secondary N) is 7. The lowest BCUT2D eigenvalue weighted by atomic mass is 9.97. The molecule has 0 aromatic heterocycles. The van der Waals surface area contributed by atoms with Gasteiger partial charge in [0, 0.05) is 32.6 Å². The molecule has 1 aliphatic heterocycles. The van der Waals surface area contributed by atoms with Gasteiger partial charge in [-0.05, 0) is 87.3 Å². The van der Waals surface area contributed by atoms with E-state index in [9.17, 15) is 72.8 Å². The number of carboxylic acids is 1. The number of aliphatic hydroxyl groups is 1. The zero-order valence-electron chi connectivity index (χ0n) is 48.2. The molecule has 1 fully saturated rings. The molecule has 34 nitrogen and oxygen atoms in total. The molecule has 0 aliphatic carbocycles. The zero-order valence-corrected chi connectivity index (χ0v) is 49.1. The first-order chi connectivity index (χ1) is 39.9. The molecule has 26 N–H and O–H groups in total. The maximum atomic E-state index is 14.7. The number of carboxylic acid groups (broad SMARTS) is 1. The number of aromatic hydroxyl groups is 1. The Morgan fingerprint density at radius 2 is 1.09 bits per heavy atom. The van der Waals surface area contributed by atoms with E-state index in [-0.39, 0.29) is 126 Å². The van der Waals surface area contributed by atoms with Crippen molar-refractivity contribution in [2.45, 2.75) is 153 Å². The van der Waals surface area contributed by atoms with E-state index in [2.05, 4.69) is 56.7 Å². The molecular weight excluding hydrogens is 1140 g/mol. The maximum Gasteiger partial charge on any atom is 0.469 e. The Bertz CT molecular complexity index is 2540. The molecule has 0 bridgehead atoms. The van der Waals surface area contributed by atoms with Gasteiger partial charge in [0.05, 0.1) is 19.3 Å². The van der Waals surface area contributed by atoms with Crippen molar-refractivity contribution in [3.63, 3.8) is 0 Å². The SMILES string of the molecule is CC[C@H](C)[C@H](N)C(=O)N[C@@H](CC(C)C)C(=O)N[C@@H](CO)C(=O)N[C@@H](CCCN=C(N)N)C(=O)N[C@@H](CCCN=C(N)N)C(=O)N1CCC[C@H]1C(=O)N[C@@H](COP(=O)(O)O)C(=O)N[C@@H](Cc1ccc(O)cc1)C(=O)N[C@@H](CCCN=C(N)N)C(=O)O. The second-order valence-electron chi connectivity index (χ2n) is 20.7. The lowest BCUT2D eigenvalue weighted by Gasteiger charge is -2.31. The number of aliphatic imine (C=N–C) groups is 3. The van der Waals surface area contributed by atoms with Crippen molar-refractivity contribution in [2.75, 3.05) is 39.4 Å². The second-order valence-corrected chi connectivity index (χ2v) is 21.9. The number of aliphatic hydroxyl groups excluding tert-OH is 1. The number of rotatable bonds is 38. The summed E-state index contributed by atoms with van der Waals surface area (Å²) < 4.78 is 16.6. The molecule has 0 spiro atoms. The van der Waals surface area contributed by atoms with Crippen molar-refractivity contribution in [1.82, 2.24) is 42.1 Å². The Morgan fingerprint density at radius 1 is 0.647 bits per heavy atom. The Hall–Kier alpha value is -7.91. The molecular formula is C50H87N18O16P. The van der Waals surface area contributed by atoms with Gasteiger partial charge >= 0.3 is 13.8 Å². The summed E-state index contributed by atoms with van der Waals surface area (Å²) >= 11 is 0. The largest absolute Gasteiger partial charge is 0.508 e. The highest BCUT2D eigenvalue weighted by molar-refractivity contribution is 7.46. The molecule has 1 aliphatic rings. The van der Waals surface area contributed by atoms with E-state index in [1.54, 1.807) is 20.8 Å². The van der Waals surface area contributed by atoms with Crippen LogP contribution in [0, 0.1) is 11.8 Å². The molecule has 0 unspecified atom stereocenters. The fourth-order valence-electron chi connectivity index (χ4n) is 8.54. The normalized spacial score (nSPS) is 16.2. The Morgan fingerprint density at radius 3 is 1.60 bits per heavy atom. The van der Waals surface area contributed by atoms with Gasteiger partial charge in [-0.2, -0.15) is 0 Å². The van der Waals surface area contributed by atoms with Gasteiger partial charge in [0.25, 0.3) is 0 Å². The predicted octanol–water partition coefficient (Wildman–Crippen LogP) is -5.91. The number of carbonyl (C=O) groups is 9. The number of amides is 8. The summed E-state index contributed by atoms with van der Waals surface area (Å²) in [5.74, 6) is -10.5. The number of nitrogens with zero attached hydrogens (tertiary/aromatic N) is 4. The van der Waals surface area contributed by atoms with Crippen LogP contribution in [0.5, 0.6) is 5.75 Å². The van der Waals surface area contributed by atoms with Crippen LogP contribution in [0.1, 0.15) is 97.5 Å². The Kier molecular flexibility index (Phi) is 31.6. The van der Waals surface area contributed by atoms with Crippen molar-refractivity contribution in [1.29, 1.82) is 0 Å². The summed E-state index contributed by atoms with van der Waals surface area (Å²) in [5, 5.41) is 47.4. The second kappa shape index (κ2) is 36.7. The van der Waals surface area contributed by atoms with Gasteiger partial charge in [-0.25, -0.2) is 9.36 Å². The number of hydrogen-bond donors (Lipinski definition) is 19. The van der Waals surface area contributed by atoms with Gasteiger partial charge in [-0.3, -0.25) is 57.9 Å². The van der Waals surface area contributed by atoms with Crippen LogP contribution in [0.4, 0.5) is 0 Å². The minimum atomic E-state index is -5.38. The highest BCUT2D eigenvalue weighted by atomic mass is 31.2. The van der Waals surface area contributed by atoms with Gasteiger partial charge < -0.3 is 107 Å². The number of phosphoric ester groups is 1. The van der Waals surface area contributed by atoms with E-state index in [1.807, 2.05) is 6.92 Å². The third kappa shape index (κ3) is 27.6. The van der Waals surface area contributed by atoms with E-state index in [1.165, 1.54) is 24.3 Å². The molecule has 1 heterocycles. The first kappa shape index (κ1) is 73.2. The Balaban J connectivity index is 2.53. The van der Waals surface area contributed by atoms with Crippen LogP contribution in [-0.2, 0) is 58.7 Å². The fraction of sp³-hybridized carbons (Fsp3) is 0.640. The van der Waals surface area contributed by atoms with Gasteiger partial charge in [0.2, 0.25) is 47.3 Å². The number of aliphatic carboxylic acids is 1. The third-order valence-corrected chi connectivity index (χ3v) is 13.8. The number of phenols is 1. The molecule has 10 atom stereocenters. The van der Waals surface area contributed by atoms with Crippen LogP contribution in [0.2, 0.25) is 0 Å². The molecule has 478 valence electrons. The minimum absolute atomic E-state index is 0.00833. The average Bonchev–Trinajstić information content (AvgIpc) is 3.84. The predicted molar refractivity (Wildman–Crippen MR) is 309 cm³/mol. The molecule has 1 aromatic carbocycles. The number of phosphoric acid groups is 1. The number of carbonyl (C=O) groups excluding carboxylic acids is 8. The summed E-state index contributed by atoms with van der Waals surface area (Å²) in [6, 6.07) is -8.13. The van der Waals surface area contributed by atoms with Crippen LogP contribution in [-0.4, -0.2) is 195 Å². The monoisotopic (exact) mass is 1230 g/mol. The maximum absolute atomic E-state index is 14.7. The smallest absolute Gasteiger partial charge is 0.469 e. The van der Waals surface area contributed by atoms with E-state index in [0.717, 1.165) is 4.90 Å². The quantitative estimate of drug-likeness (QED) is 0.0127. The molecule has 2 rings (SSSR count). The molecule has 8 amide bonds. The van der Waals surface area contributed by atoms with Gasteiger partial charge in [-0.15, -0.1) is 0 Å². The number of nitrogens with two attached hydrogens (primary N) is 7. The van der Waals surface area contributed by atoms with Crippen molar-refractivity contribution >= 4 is 78.9 Å². The first-order valence-corrected chi connectivity index (χ1v) is 29.1. The summed E-state index contributed by atoms with van der Waals surface area (Å²) in [6.07, 6.45) is 0.0790. The van der Waals surface area contributed by atoms with Gasteiger partial charge in [-0.1, -0.05) is 46.2 Å². The topological polar surface area (TPSA) is 588 Å². The van der Waals surface area contributed by atoms with Crippen LogP contribution < -0.4 is 77.4 Å². The van der Waals surface area contributed by atoms with Gasteiger partial charge in [0.15, 0.2) is 17.9 Å². The molecule has 0 radical (unpaired) electrons. The van der Waals surface area contributed by atoms with Gasteiger partial charge in [0.1, 0.15) is 54.1 Å². The summed E-state index contributed by atoms with van der Waals surface area (Å²) in [6.45, 7) is 4.81. The van der Waals surface area contributed by atoms with E-state index < -0.39 is 129 Å². The molecule has 35 heteroatoms. The number of benzene rings is 1. The highest BCUT2D eigenvalue weighted by Crippen LogP contribution is 2.35. The van der Waals surface area contributed by atoms with E-state index >= 15 is 0 Å². The van der Waals surface area contributed by atoms with Crippen LogP contribution in [0.3, 0.4) is 0 Å². The van der Waals surface area contributed by atoms with Crippen molar-refractivity contribution in [3.05, 3.63) is 29.8 Å². The average molecular weight is 1230 g/mol. The molecule has 85 heavy (non-hydrogen) atoms. The van der Waals surface area contributed by atoms with E-state index in [0.29, 0.717) is 12.0 Å². The number of phenolic OH excluding ortho intramolecular Hbond substituents is 1. The summed E-state index contributed by atoms with van der Waals surface area (Å²) in [5.41, 5.74) is 39.2. The van der Waals surface area contributed by atoms with Crippen molar-refractivity contribution < 1.29 is 77.3 Å². The summed E-state index contributed by atoms with van der Waals surface area (Å²) in [4.78, 5) is 156. The third-order valence-electron chi connectivity index (χ3n) is 13.3. The first-order valence-electron chi connectivity index (χ1n) is 27.5. The number of guanidine groups is 3. The number of hydrogen-bond acceptors (Lipinski definition) is 17. The standard InChI is InChI=1S/C50H87N18O16P/c1-5-27(4)38(51)45(77)65-33(22-26(2)3)40(72)66-35(24-69)42(74)61-30(10-6-18-58-48(52)53)39(71)62-31(11-7-19-59-49(54)55)46(78)68-21-9-13-37(68)44(76)67-36(25-84-85(81,82)83)43(75)64-34(23-28-14-16-29(70)17-15-28)41(73)63-32(47(79)80)12-8-20-60-50(56)57/h14-17,26-27,30-38,69-70H,5-13,18-25,51H2,1-4H3,(H,61,74)(H,62,71)(H,63,73)(H,64,75)(H,65,77)(H,66,72)(H,67,76)(H,79,80)(H4,52,53,58)(H4,54,55,59)(H4,56,57,60)(H2,81,82,83)/t27-,30-,31-,32-,33-,34-,35-,36-,37-,38-/m0/s1. The van der Waals surface area contributed by atoms with Crippen molar-refractivity contribution in [3.8, 4) is 5.75 Å². The molecule has 1 aromatic rings. The summed E-state index contributed by atoms with van der Waals surface area (Å²) in [7, 11) is -5.38. The van der Waals surface area contributed by atoms with Crippen LogP contribution >= 0.6 is 7.82 Å². The highest BCUT2D eigenvalue weighted by Gasteiger charge is 2.41. The number of likely N-dealkylation sites (tertiary alicyclic amines) is 1. The minimum Gasteiger partial charge on any atom is -0.508 e. The lowest BCUT2D eigenvalue weighted by Crippen LogP contribution is -2.61. The van der Waals surface area contributed by atoms with Crippen LogP contribution in [0.15, 0.2) is 39.2 Å². The molecule has 1 saturated heterocycles. The van der Waals surface area contributed by atoms with Crippen molar-refractivity contribution in [2.24, 2.45) is 66.9 Å². The fourth-order valence-corrected chi connectivity index (χ4v) is 8.88. The molecule has 0 saturated carbocycles. The lowest BCUT2D eigenvalue weighted by molar-refractivity contribution is -0.143.